The van der Waals surface area contributed by atoms with Crippen LogP contribution in [0.2, 0.25) is 0 Å². The molecule has 0 aromatic heterocycles. The van der Waals surface area contributed by atoms with Gasteiger partial charge in [0.1, 0.15) is 0 Å². The molecule has 0 saturated heterocycles. The van der Waals surface area contributed by atoms with E-state index < -0.39 is 0 Å². The summed E-state index contributed by atoms with van der Waals surface area (Å²) in [7, 11) is 1.88. The molecule has 98 valence electrons. The highest BCUT2D eigenvalue weighted by molar-refractivity contribution is 5.78. The van der Waals surface area contributed by atoms with Gasteiger partial charge < -0.3 is 10.2 Å². The van der Waals surface area contributed by atoms with Gasteiger partial charge in [-0.1, -0.05) is 6.42 Å². The Hall–Kier alpha value is -0.570. The second-order valence-electron chi connectivity index (χ2n) is 6.16. The van der Waals surface area contributed by atoms with Crippen LogP contribution in [0.1, 0.15) is 39.5 Å². The summed E-state index contributed by atoms with van der Waals surface area (Å²) in [4.78, 5) is 13.6. The molecule has 1 N–H and O–H groups in total. The summed E-state index contributed by atoms with van der Waals surface area (Å²) in [6.45, 7) is 5.64. The maximum atomic E-state index is 11.8. The highest BCUT2D eigenvalue weighted by atomic mass is 16.2. The number of carbonyl (C=O) groups excluding carboxylic acids is 1. The molecule has 17 heavy (non-hydrogen) atoms. The first-order chi connectivity index (χ1) is 8.08. The molecule has 2 aliphatic carbocycles. The smallest absolute Gasteiger partial charge is 0.236 e. The predicted molar refractivity (Wildman–Crippen MR) is 69.7 cm³/mol. The molecule has 2 fully saturated rings. The summed E-state index contributed by atoms with van der Waals surface area (Å²) in [5, 5.41) is 3.36. The molecule has 2 aliphatic rings. The Morgan fingerprint density at radius 1 is 1.35 bits per heavy atom. The van der Waals surface area contributed by atoms with Gasteiger partial charge in [-0.15, -0.1) is 0 Å². The lowest BCUT2D eigenvalue weighted by molar-refractivity contribution is -0.130. The van der Waals surface area contributed by atoms with E-state index in [1.165, 1.54) is 25.7 Å². The molecule has 0 aliphatic heterocycles. The van der Waals surface area contributed by atoms with Crippen LogP contribution in [0.15, 0.2) is 0 Å². The van der Waals surface area contributed by atoms with Gasteiger partial charge in [0.05, 0.1) is 6.54 Å². The van der Waals surface area contributed by atoms with E-state index >= 15 is 0 Å². The molecule has 0 radical (unpaired) electrons. The molecule has 0 spiro atoms. The Bertz CT molecular complexity index is 277. The summed E-state index contributed by atoms with van der Waals surface area (Å²) in [6.07, 6.45) is 5.73. The molecule has 0 aromatic rings. The summed E-state index contributed by atoms with van der Waals surface area (Å²) in [5.41, 5.74) is 0. The van der Waals surface area contributed by atoms with Gasteiger partial charge in [-0.25, -0.2) is 0 Å². The van der Waals surface area contributed by atoms with Crippen molar-refractivity contribution in [1.29, 1.82) is 0 Å². The van der Waals surface area contributed by atoms with Crippen LogP contribution in [0, 0.1) is 17.8 Å². The second kappa shape index (κ2) is 5.38. The standard InChI is InChI=1S/C14H26N2O/c1-10(2)16(3)14(17)9-15-8-13-7-11-4-5-12(13)6-11/h10-13,15H,4-9H2,1-3H3. The average Bonchev–Trinajstić information content (AvgIpc) is 2.89. The molecule has 0 heterocycles. The van der Waals surface area contributed by atoms with Crippen LogP contribution in [-0.2, 0) is 4.79 Å². The van der Waals surface area contributed by atoms with E-state index in [4.69, 9.17) is 0 Å². The molecule has 2 saturated carbocycles. The van der Waals surface area contributed by atoms with E-state index in [1.807, 2.05) is 25.8 Å². The number of amides is 1. The lowest BCUT2D eigenvalue weighted by Crippen LogP contribution is -2.41. The van der Waals surface area contributed by atoms with E-state index in [1.54, 1.807) is 0 Å². The monoisotopic (exact) mass is 238 g/mol. The first-order valence-corrected chi connectivity index (χ1v) is 7.04. The van der Waals surface area contributed by atoms with Crippen molar-refractivity contribution in [3.63, 3.8) is 0 Å². The van der Waals surface area contributed by atoms with Gasteiger partial charge in [-0.05, 0) is 57.4 Å². The van der Waals surface area contributed by atoms with Crippen molar-refractivity contribution in [1.82, 2.24) is 10.2 Å². The van der Waals surface area contributed by atoms with Gasteiger partial charge in [0, 0.05) is 13.1 Å². The maximum absolute atomic E-state index is 11.8. The third-order valence-electron chi connectivity index (χ3n) is 4.74. The van der Waals surface area contributed by atoms with Gasteiger partial charge in [-0.3, -0.25) is 4.79 Å². The normalized spacial score (nSPS) is 31.2. The van der Waals surface area contributed by atoms with E-state index in [2.05, 4.69) is 5.32 Å². The van der Waals surface area contributed by atoms with Gasteiger partial charge >= 0.3 is 0 Å². The number of fused-ring (bicyclic) bond motifs is 2. The van der Waals surface area contributed by atoms with Crippen molar-refractivity contribution in [2.45, 2.75) is 45.6 Å². The topological polar surface area (TPSA) is 32.3 Å². The van der Waals surface area contributed by atoms with E-state index in [0.29, 0.717) is 12.6 Å². The van der Waals surface area contributed by atoms with Crippen molar-refractivity contribution in [2.24, 2.45) is 17.8 Å². The van der Waals surface area contributed by atoms with Crippen molar-refractivity contribution in [3.8, 4) is 0 Å². The molecule has 3 unspecified atom stereocenters. The SMILES string of the molecule is CC(C)N(C)C(=O)CNCC1CC2CCC1C2. The fourth-order valence-corrected chi connectivity index (χ4v) is 3.40. The molecule has 2 bridgehead atoms. The van der Waals surface area contributed by atoms with Gasteiger partial charge in [0.25, 0.3) is 0 Å². The fraction of sp³-hybridized carbons (Fsp3) is 0.929. The molecule has 3 atom stereocenters. The molecule has 2 rings (SSSR count). The molecule has 3 heteroatoms. The molecule has 3 nitrogen and oxygen atoms in total. The zero-order chi connectivity index (χ0) is 12.4. The third-order valence-corrected chi connectivity index (χ3v) is 4.74. The van der Waals surface area contributed by atoms with Crippen LogP contribution in [0.4, 0.5) is 0 Å². The van der Waals surface area contributed by atoms with Crippen molar-refractivity contribution < 1.29 is 4.79 Å². The summed E-state index contributed by atoms with van der Waals surface area (Å²) in [5.74, 6) is 3.00. The van der Waals surface area contributed by atoms with Crippen LogP contribution >= 0.6 is 0 Å². The molecular weight excluding hydrogens is 212 g/mol. The highest BCUT2D eigenvalue weighted by Gasteiger charge is 2.38. The number of nitrogens with zero attached hydrogens (tertiary/aromatic N) is 1. The van der Waals surface area contributed by atoms with E-state index in [-0.39, 0.29) is 5.91 Å². The molecular formula is C14H26N2O. The minimum absolute atomic E-state index is 0.211. The number of nitrogens with one attached hydrogen (secondary N) is 1. The van der Waals surface area contributed by atoms with Crippen molar-refractivity contribution >= 4 is 5.91 Å². The minimum atomic E-state index is 0.211. The van der Waals surface area contributed by atoms with E-state index in [9.17, 15) is 4.79 Å². The first-order valence-electron chi connectivity index (χ1n) is 7.04. The zero-order valence-corrected chi connectivity index (χ0v) is 11.4. The molecule has 0 aromatic carbocycles. The van der Waals surface area contributed by atoms with Gasteiger partial charge in [0.15, 0.2) is 0 Å². The third kappa shape index (κ3) is 3.01. The summed E-state index contributed by atoms with van der Waals surface area (Å²) in [6, 6.07) is 0.298. The Labute approximate surface area is 105 Å². The van der Waals surface area contributed by atoms with Gasteiger partial charge in [-0.2, -0.15) is 0 Å². The Balaban J connectivity index is 1.65. The Kier molecular flexibility index (Phi) is 4.08. The van der Waals surface area contributed by atoms with Crippen LogP contribution in [0.5, 0.6) is 0 Å². The van der Waals surface area contributed by atoms with Crippen LogP contribution in [0.3, 0.4) is 0 Å². The second-order valence-corrected chi connectivity index (χ2v) is 6.16. The van der Waals surface area contributed by atoms with Crippen LogP contribution in [0.25, 0.3) is 0 Å². The minimum Gasteiger partial charge on any atom is -0.342 e. The van der Waals surface area contributed by atoms with E-state index in [0.717, 1.165) is 24.3 Å². The first kappa shape index (κ1) is 12.9. The zero-order valence-electron chi connectivity index (χ0n) is 11.4. The number of likely N-dealkylation sites (N-methyl/N-ethyl adjacent to an activating group) is 1. The van der Waals surface area contributed by atoms with Gasteiger partial charge in [0.2, 0.25) is 5.91 Å². The number of hydrogen-bond donors (Lipinski definition) is 1. The lowest BCUT2D eigenvalue weighted by Gasteiger charge is -2.24. The quantitative estimate of drug-likeness (QED) is 0.793. The Morgan fingerprint density at radius 2 is 2.12 bits per heavy atom. The fourth-order valence-electron chi connectivity index (χ4n) is 3.40. The lowest BCUT2D eigenvalue weighted by atomic mass is 9.89. The molecule has 1 amide bonds. The number of rotatable bonds is 5. The highest BCUT2D eigenvalue weighted by Crippen LogP contribution is 2.47. The van der Waals surface area contributed by atoms with Crippen molar-refractivity contribution in [2.75, 3.05) is 20.1 Å². The summed E-state index contributed by atoms with van der Waals surface area (Å²) >= 11 is 0. The van der Waals surface area contributed by atoms with Crippen molar-refractivity contribution in [3.05, 3.63) is 0 Å². The average molecular weight is 238 g/mol. The summed E-state index contributed by atoms with van der Waals surface area (Å²) < 4.78 is 0. The largest absolute Gasteiger partial charge is 0.342 e. The Morgan fingerprint density at radius 3 is 2.65 bits per heavy atom. The van der Waals surface area contributed by atoms with Crippen LogP contribution in [-0.4, -0.2) is 37.0 Å². The number of hydrogen-bond acceptors (Lipinski definition) is 2. The van der Waals surface area contributed by atoms with Crippen LogP contribution < -0.4 is 5.32 Å². The maximum Gasteiger partial charge on any atom is 0.236 e. The number of carbonyl (C=O) groups is 1. The predicted octanol–water partition coefficient (Wildman–Crippen LogP) is 1.88.